The Hall–Kier alpha value is -0.570. The van der Waals surface area contributed by atoms with Crippen LogP contribution in [0, 0.1) is 5.41 Å². The summed E-state index contributed by atoms with van der Waals surface area (Å²) in [4.78, 5) is 11.8. The van der Waals surface area contributed by atoms with Crippen LogP contribution in [0.3, 0.4) is 0 Å². The van der Waals surface area contributed by atoms with Crippen LogP contribution in [0.1, 0.15) is 47.0 Å². The van der Waals surface area contributed by atoms with Gasteiger partial charge in [0.1, 0.15) is 0 Å². The molecule has 90 valence electrons. The van der Waals surface area contributed by atoms with E-state index < -0.39 is 0 Å². The van der Waals surface area contributed by atoms with Crippen LogP contribution >= 0.6 is 0 Å². The minimum atomic E-state index is -0.317. The summed E-state index contributed by atoms with van der Waals surface area (Å²) in [5.74, 6) is 0.135. The normalized spacial score (nSPS) is 11.5. The van der Waals surface area contributed by atoms with Gasteiger partial charge >= 0.3 is 0 Å². The van der Waals surface area contributed by atoms with Gasteiger partial charge in [0.15, 0.2) is 0 Å². The highest BCUT2D eigenvalue weighted by Gasteiger charge is 2.26. The minimum Gasteiger partial charge on any atom is -0.382 e. The highest BCUT2D eigenvalue weighted by atomic mass is 16.5. The van der Waals surface area contributed by atoms with E-state index in [1.165, 1.54) is 0 Å². The fraction of sp³-hybridized carbons (Fsp3) is 0.917. The highest BCUT2D eigenvalue weighted by Crippen LogP contribution is 2.20. The first-order valence-corrected chi connectivity index (χ1v) is 5.90. The number of amides is 1. The maximum absolute atomic E-state index is 11.8. The fourth-order valence-corrected chi connectivity index (χ4v) is 1.20. The number of rotatable bonds is 8. The molecule has 0 fully saturated rings. The highest BCUT2D eigenvalue weighted by molar-refractivity contribution is 5.81. The predicted molar refractivity (Wildman–Crippen MR) is 62.8 cm³/mol. The van der Waals surface area contributed by atoms with E-state index in [4.69, 9.17) is 4.74 Å². The number of ether oxygens (including phenoxy) is 1. The Bertz CT molecular complexity index is 178. The number of unbranched alkanes of at least 4 members (excludes halogenated alkanes) is 1. The van der Waals surface area contributed by atoms with E-state index >= 15 is 0 Å². The Morgan fingerprint density at radius 1 is 1.33 bits per heavy atom. The molecule has 0 bridgehead atoms. The first-order chi connectivity index (χ1) is 7.04. The van der Waals surface area contributed by atoms with E-state index in [0.29, 0.717) is 13.2 Å². The molecule has 0 aromatic carbocycles. The van der Waals surface area contributed by atoms with Gasteiger partial charge in [-0.05, 0) is 19.8 Å². The summed E-state index contributed by atoms with van der Waals surface area (Å²) < 4.78 is 5.27. The largest absolute Gasteiger partial charge is 0.382 e. The van der Waals surface area contributed by atoms with Crippen molar-refractivity contribution in [1.29, 1.82) is 0 Å². The Kier molecular flexibility index (Phi) is 7.39. The molecule has 1 amide bonds. The zero-order chi connectivity index (χ0) is 11.7. The van der Waals surface area contributed by atoms with Crippen molar-refractivity contribution >= 4 is 5.91 Å². The zero-order valence-electron chi connectivity index (χ0n) is 10.6. The van der Waals surface area contributed by atoms with Crippen LogP contribution in [0.5, 0.6) is 0 Å². The molecule has 0 aromatic heterocycles. The van der Waals surface area contributed by atoms with Gasteiger partial charge in [0.05, 0.1) is 0 Å². The molecular weight excluding hydrogens is 190 g/mol. The Morgan fingerprint density at radius 3 is 2.53 bits per heavy atom. The maximum Gasteiger partial charge on any atom is 0.225 e. The molecule has 0 atom stereocenters. The van der Waals surface area contributed by atoms with Gasteiger partial charge in [-0.1, -0.05) is 27.2 Å². The number of carbonyl (C=O) groups is 1. The lowest BCUT2D eigenvalue weighted by Gasteiger charge is -2.23. The van der Waals surface area contributed by atoms with Crippen molar-refractivity contribution in [3.05, 3.63) is 0 Å². The van der Waals surface area contributed by atoms with Gasteiger partial charge in [-0.15, -0.1) is 0 Å². The lowest BCUT2D eigenvalue weighted by molar-refractivity contribution is -0.130. The molecule has 0 rings (SSSR count). The van der Waals surface area contributed by atoms with Gasteiger partial charge in [0.2, 0.25) is 5.91 Å². The summed E-state index contributed by atoms with van der Waals surface area (Å²) in [6.07, 6.45) is 2.94. The van der Waals surface area contributed by atoms with E-state index in [1.54, 1.807) is 0 Å². The molecule has 0 spiro atoms. The van der Waals surface area contributed by atoms with Gasteiger partial charge in [-0.2, -0.15) is 0 Å². The average molecular weight is 215 g/mol. The molecule has 0 aliphatic rings. The van der Waals surface area contributed by atoms with Crippen LogP contribution in [0.25, 0.3) is 0 Å². The van der Waals surface area contributed by atoms with Gasteiger partial charge < -0.3 is 10.1 Å². The second kappa shape index (κ2) is 7.69. The summed E-state index contributed by atoms with van der Waals surface area (Å²) in [5.41, 5.74) is -0.317. The van der Waals surface area contributed by atoms with Crippen LogP contribution in [0.2, 0.25) is 0 Å². The predicted octanol–water partition coefficient (Wildman–Crippen LogP) is 2.36. The van der Waals surface area contributed by atoms with Gasteiger partial charge in [0, 0.05) is 25.2 Å². The molecule has 0 heterocycles. The second-order valence-electron chi connectivity index (χ2n) is 4.44. The molecule has 0 radical (unpaired) electrons. The molecule has 15 heavy (non-hydrogen) atoms. The Morgan fingerprint density at radius 2 is 2.00 bits per heavy atom. The van der Waals surface area contributed by atoms with Crippen molar-refractivity contribution in [1.82, 2.24) is 5.32 Å². The van der Waals surface area contributed by atoms with Gasteiger partial charge in [0.25, 0.3) is 0 Å². The first kappa shape index (κ1) is 14.4. The Balaban J connectivity index is 3.80. The van der Waals surface area contributed by atoms with Crippen LogP contribution in [0.4, 0.5) is 0 Å². The number of carbonyl (C=O) groups excluding carboxylic acids is 1. The lowest BCUT2D eigenvalue weighted by atomic mass is 9.88. The van der Waals surface area contributed by atoms with Crippen molar-refractivity contribution in [2.45, 2.75) is 47.0 Å². The van der Waals surface area contributed by atoms with Gasteiger partial charge in [-0.3, -0.25) is 4.79 Å². The van der Waals surface area contributed by atoms with E-state index in [-0.39, 0.29) is 11.3 Å². The fourth-order valence-electron chi connectivity index (χ4n) is 1.20. The van der Waals surface area contributed by atoms with Gasteiger partial charge in [-0.25, -0.2) is 0 Å². The van der Waals surface area contributed by atoms with Crippen LogP contribution in [-0.2, 0) is 9.53 Å². The standard InChI is InChI=1S/C12H25NO2/c1-5-7-9-13-11(14)12(3,4)8-10-15-6-2/h5-10H2,1-4H3,(H,13,14). The Labute approximate surface area is 93.6 Å². The van der Waals surface area contributed by atoms with E-state index in [0.717, 1.165) is 25.8 Å². The molecular formula is C12H25NO2. The minimum absolute atomic E-state index is 0.135. The molecule has 1 N–H and O–H groups in total. The SMILES string of the molecule is CCCCNC(=O)C(C)(C)CCOCC. The lowest BCUT2D eigenvalue weighted by Crippen LogP contribution is -2.38. The second-order valence-corrected chi connectivity index (χ2v) is 4.44. The van der Waals surface area contributed by atoms with Crippen LogP contribution < -0.4 is 5.32 Å². The molecule has 3 nitrogen and oxygen atoms in total. The number of nitrogens with one attached hydrogen (secondary N) is 1. The summed E-state index contributed by atoms with van der Waals surface area (Å²) >= 11 is 0. The van der Waals surface area contributed by atoms with Crippen molar-refractivity contribution in [3.63, 3.8) is 0 Å². The summed E-state index contributed by atoms with van der Waals surface area (Å²) in [7, 11) is 0. The third-order valence-corrected chi connectivity index (χ3v) is 2.51. The topological polar surface area (TPSA) is 38.3 Å². The molecule has 0 aliphatic carbocycles. The molecule has 0 unspecified atom stereocenters. The van der Waals surface area contributed by atoms with Crippen molar-refractivity contribution < 1.29 is 9.53 Å². The summed E-state index contributed by atoms with van der Waals surface area (Å²) in [6, 6.07) is 0. The smallest absolute Gasteiger partial charge is 0.225 e. The van der Waals surface area contributed by atoms with E-state index in [9.17, 15) is 4.79 Å². The van der Waals surface area contributed by atoms with Crippen molar-refractivity contribution in [3.8, 4) is 0 Å². The molecule has 0 saturated carbocycles. The average Bonchev–Trinajstić information content (AvgIpc) is 2.18. The summed E-state index contributed by atoms with van der Waals surface area (Å²) in [5, 5.41) is 2.96. The molecule has 0 saturated heterocycles. The van der Waals surface area contributed by atoms with Crippen molar-refractivity contribution in [2.75, 3.05) is 19.8 Å². The first-order valence-electron chi connectivity index (χ1n) is 5.90. The maximum atomic E-state index is 11.8. The molecule has 3 heteroatoms. The van der Waals surface area contributed by atoms with Crippen LogP contribution in [0.15, 0.2) is 0 Å². The van der Waals surface area contributed by atoms with E-state index in [1.807, 2.05) is 20.8 Å². The number of hydrogen-bond donors (Lipinski definition) is 1. The summed E-state index contributed by atoms with van der Waals surface area (Å²) in [6.45, 7) is 10.2. The van der Waals surface area contributed by atoms with Crippen LogP contribution in [-0.4, -0.2) is 25.7 Å². The monoisotopic (exact) mass is 215 g/mol. The molecule has 0 aromatic rings. The third-order valence-electron chi connectivity index (χ3n) is 2.51. The third kappa shape index (κ3) is 6.50. The quantitative estimate of drug-likeness (QED) is 0.631. The van der Waals surface area contributed by atoms with Crippen molar-refractivity contribution in [2.24, 2.45) is 5.41 Å². The molecule has 0 aliphatic heterocycles. The van der Waals surface area contributed by atoms with E-state index in [2.05, 4.69) is 12.2 Å². The number of hydrogen-bond acceptors (Lipinski definition) is 2. The zero-order valence-corrected chi connectivity index (χ0v) is 10.6.